The zero-order valence-corrected chi connectivity index (χ0v) is 16.3. The van der Waals surface area contributed by atoms with Crippen LogP contribution in [0.5, 0.6) is 0 Å². The smallest absolute Gasteiger partial charge is 0.234 e. The fraction of sp³-hybridized carbons (Fsp3) is 0.111. The first-order valence-corrected chi connectivity index (χ1v) is 9.70. The van der Waals surface area contributed by atoms with Crippen LogP contribution in [0.1, 0.15) is 5.56 Å². The van der Waals surface area contributed by atoms with E-state index in [1.807, 2.05) is 59.3 Å². The lowest BCUT2D eigenvalue weighted by Crippen LogP contribution is -2.14. The number of benzene rings is 2. The van der Waals surface area contributed by atoms with Crippen molar-refractivity contribution in [3.8, 4) is 0 Å². The number of aromatic nitrogens is 2. The number of anilines is 1. The maximum absolute atomic E-state index is 12.1. The highest BCUT2D eigenvalue weighted by Crippen LogP contribution is 2.21. The van der Waals surface area contributed by atoms with Gasteiger partial charge in [-0.3, -0.25) is 4.79 Å². The number of nitrogens with zero attached hydrogens (tertiary/aromatic N) is 2. The summed E-state index contributed by atoms with van der Waals surface area (Å²) in [6.45, 7) is 0.621. The lowest BCUT2D eigenvalue weighted by atomic mass is 10.2. The van der Waals surface area contributed by atoms with Crippen molar-refractivity contribution in [1.29, 1.82) is 0 Å². The summed E-state index contributed by atoms with van der Waals surface area (Å²) in [7, 11) is 0. The Kier molecular flexibility index (Phi) is 6.18. The van der Waals surface area contributed by atoms with Crippen molar-refractivity contribution in [3.05, 3.63) is 76.0 Å². The number of nitrogens with one attached hydrogen (secondary N) is 1. The van der Waals surface area contributed by atoms with Crippen molar-refractivity contribution in [2.24, 2.45) is 0 Å². The van der Waals surface area contributed by atoms with Gasteiger partial charge in [-0.05, 0) is 35.9 Å². The molecular formula is C18H15BrClN3OS. The summed E-state index contributed by atoms with van der Waals surface area (Å²) in [5.74, 6) is 0.218. The highest BCUT2D eigenvalue weighted by Gasteiger charge is 2.09. The maximum atomic E-state index is 12.1. The summed E-state index contributed by atoms with van der Waals surface area (Å²) in [6.07, 6.45) is 3.62. The predicted molar refractivity (Wildman–Crippen MR) is 106 cm³/mol. The number of carbonyl (C=O) groups is 1. The van der Waals surface area contributed by atoms with Crippen LogP contribution in [0, 0.1) is 0 Å². The minimum Gasteiger partial charge on any atom is -0.325 e. The molecule has 0 spiro atoms. The Morgan fingerprint density at radius 1 is 1.20 bits per heavy atom. The van der Waals surface area contributed by atoms with Gasteiger partial charge in [-0.25, -0.2) is 4.98 Å². The minimum atomic E-state index is -0.0698. The summed E-state index contributed by atoms with van der Waals surface area (Å²) < 4.78 is 2.96. The maximum Gasteiger partial charge on any atom is 0.234 e. The van der Waals surface area contributed by atoms with Crippen LogP contribution in [-0.2, 0) is 11.3 Å². The molecule has 3 aromatic rings. The molecule has 0 bridgehead atoms. The van der Waals surface area contributed by atoms with E-state index in [0.717, 1.165) is 25.9 Å². The molecule has 4 nitrogen and oxygen atoms in total. The van der Waals surface area contributed by atoms with E-state index in [-0.39, 0.29) is 11.7 Å². The van der Waals surface area contributed by atoms with E-state index in [1.165, 1.54) is 11.8 Å². The van der Waals surface area contributed by atoms with E-state index in [2.05, 4.69) is 26.2 Å². The molecule has 1 amide bonds. The normalized spacial score (nSPS) is 10.6. The Bertz CT molecular complexity index is 867. The third-order valence-corrected chi connectivity index (χ3v) is 5.34. The van der Waals surface area contributed by atoms with Crippen molar-refractivity contribution in [1.82, 2.24) is 9.55 Å². The summed E-state index contributed by atoms with van der Waals surface area (Å²) in [6, 6.07) is 15.2. The van der Waals surface area contributed by atoms with Crippen LogP contribution in [0.15, 0.2) is 70.6 Å². The van der Waals surface area contributed by atoms with Gasteiger partial charge in [0.05, 0.1) is 12.3 Å². The van der Waals surface area contributed by atoms with Crippen LogP contribution in [0.25, 0.3) is 0 Å². The molecule has 0 saturated heterocycles. The first-order valence-electron chi connectivity index (χ1n) is 7.54. The molecule has 25 heavy (non-hydrogen) atoms. The van der Waals surface area contributed by atoms with Crippen molar-refractivity contribution >= 4 is 50.9 Å². The fourth-order valence-electron chi connectivity index (χ4n) is 2.23. The number of thioether (sulfide) groups is 1. The fourth-order valence-corrected chi connectivity index (χ4v) is 3.45. The Hall–Kier alpha value is -1.76. The van der Waals surface area contributed by atoms with Crippen LogP contribution in [-0.4, -0.2) is 21.2 Å². The standard InChI is InChI=1S/C18H15BrClN3OS/c19-14-5-7-15(8-6-14)22-17(24)12-25-18-21-9-10-23(18)11-13-3-1-2-4-16(13)20/h1-10H,11-12H2,(H,22,24). The van der Waals surface area contributed by atoms with Gasteiger partial charge in [-0.2, -0.15) is 0 Å². The third-order valence-electron chi connectivity index (χ3n) is 3.44. The topological polar surface area (TPSA) is 46.9 Å². The average molecular weight is 437 g/mol. The molecular weight excluding hydrogens is 422 g/mol. The highest BCUT2D eigenvalue weighted by molar-refractivity contribution is 9.10. The number of hydrogen-bond donors (Lipinski definition) is 1. The summed E-state index contributed by atoms with van der Waals surface area (Å²) in [4.78, 5) is 16.4. The van der Waals surface area contributed by atoms with Gasteiger partial charge in [0.2, 0.25) is 5.91 Å². The quantitative estimate of drug-likeness (QED) is 0.548. The van der Waals surface area contributed by atoms with Crippen LogP contribution in [0.2, 0.25) is 5.02 Å². The molecule has 0 aliphatic heterocycles. The number of carbonyl (C=O) groups excluding carboxylic acids is 1. The molecule has 128 valence electrons. The second-order valence-electron chi connectivity index (χ2n) is 5.27. The number of halogens is 2. The van der Waals surface area contributed by atoms with Gasteiger partial charge >= 0.3 is 0 Å². The van der Waals surface area contributed by atoms with E-state index in [0.29, 0.717) is 6.54 Å². The Morgan fingerprint density at radius 2 is 1.96 bits per heavy atom. The lowest BCUT2D eigenvalue weighted by Gasteiger charge is -2.09. The Morgan fingerprint density at radius 3 is 2.72 bits per heavy atom. The van der Waals surface area contributed by atoms with Crippen LogP contribution in [0.4, 0.5) is 5.69 Å². The van der Waals surface area contributed by atoms with Crippen molar-refractivity contribution in [3.63, 3.8) is 0 Å². The van der Waals surface area contributed by atoms with E-state index in [9.17, 15) is 4.79 Å². The van der Waals surface area contributed by atoms with Gasteiger partial charge in [0.1, 0.15) is 0 Å². The molecule has 0 radical (unpaired) electrons. The first-order chi connectivity index (χ1) is 12.1. The summed E-state index contributed by atoms with van der Waals surface area (Å²) >= 11 is 11.0. The van der Waals surface area contributed by atoms with E-state index in [1.54, 1.807) is 6.20 Å². The van der Waals surface area contributed by atoms with Crippen LogP contribution in [0.3, 0.4) is 0 Å². The average Bonchev–Trinajstić information content (AvgIpc) is 3.04. The van der Waals surface area contributed by atoms with Crippen molar-refractivity contribution in [2.45, 2.75) is 11.7 Å². The van der Waals surface area contributed by atoms with Gasteiger partial charge in [0.25, 0.3) is 0 Å². The first kappa shape index (κ1) is 18.0. The van der Waals surface area contributed by atoms with Gasteiger partial charge in [0.15, 0.2) is 5.16 Å². The molecule has 0 saturated carbocycles. The molecule has 1 aromatic heterocycles. The Balaban J connectivity index is 1.59. The lowest BCUT2D eigenvalue weighted by molar-refractivity contribution is -0.113. The highest BCUT2D eigenvalue weighted by atomic mass is 79.9. The molecule has 3 rings (SSSR count). The SMILES string of the molecule is O=C(CSc1nccn1Cc1ccccc1Cl)Nc1ccc(Br)cc1. The Labute approximate surface area is 163 Å². The zero-order valence-electron chi connectivity index (χ0n) is 13.2. The largest absolute Gasteiger partial charge is 0.325 e. The molecule has 0 aliphatic rings. The van der Waals surface area contributed by atoms with Crippen LogP contribution < -0.4 is 5.32 Å². The number of imidazole rings is 1. The molecule has 7 heteroatoms. The minimum absolute atomic E-state index is 0.0698. The molecule has 1 N–H and O–H groups in total. The van der Waals surface area contributed by atoms with Crippen molar-refractivity contribution < 1.29 is 4.79 Å². The van der Waals surface area contributed by atoms with Gasteiger partial charge < -0.3 is 9.88 Å². The summed E-state index contributed by atoms with van der Waals surface area (Å²) in [5.41, 5.74) is 1.79. The molecule has 0 fully saturated rings. The van der Waals surface area contributed by atoms with E-state index in [4.69, 9.17) is 11.6 Å². The second-order valence-corrected chi connectivity index (χ2v) is 7.54. The van der Waals surface area contributed by atoms with Crippen molar-refractivity contribution in [2.75, 3.05) is 11.1 Å². The van der Waals surface area contributed by atoms with Crippen LogP contribution >= 0.6 is 39.3 Å². The third kappa shape index (κ3) is 5.11. The van der Waals surface area contributed by atoms with E-state index >= 15 is 0 Å². The molecule has 0 aliphatic carbocycles. The molecule has 1 heterocycles. The molecule has 2 aromatic carbocycles. The molecule has 0 atom stereocenters. The van der Waals surface area contributed by atoms with Gasteiger partial charge in [0, 0.05) is 27.6 Å². The van der Waals surface area contributed by atoms with E-state index < -0.39 is 0 Å². The number of amides is 1. The second kappa shape index (κ2) is 8.56. The van der Waals surface area contributed by atoms with Gasteiger partial charge in [-0.1, -0.05) is 57.5 Å². The predicted octanol–water partition coefficient (Wildman–Crippen LogP) is 5.08. The van der Waals surface area contributed by atoms with Gasteiger partial charge in [-0.15, -0.1) is 0 Å². The number of rotatable bonds is 6. The summed E-state index contributed by atoms with van der Waals surface area (Å²) in [5, 5.41) is 4.38. The zero-order chi connectivity index (χ0) is 17.6. The monoisotopic (exact) mass is 435 g/mol. The number of hydrogen-bond acceptors (Lipinski definition) is 3. The molecule has 0 unspecified atom stereocenters.